The Bertz CT molecular complexity index is 813. The zero-order chi connectivity index (χ0) is 19.6. The summed E-state index contributed by atoms with van der Waals surface area (Å²) < 4.78 is 17.1. The molecule has 1 atom stereocenters. The highest BCUT2D eigenvalue weighted by atomic mass is 16.5. The van der Waals surface area contributed by atoms with Gasteiger partial charge in [-0.3, -0.25) is 0 Å². The zero-order valence-corrected chi connectivity index (χ0v) is 17.2. The van der Waals surface area contributed by atoms with Crippen molar-refractivity contribution >= 4 is 0 Å². The molecule has 1 unspecified atom stereocenters. The van der Waals surface area contributed by atoms with E-state index in [1.54, 1.807) is 14.2 Å². The van der Waals surface area contributed by atoms with Crippen molar-refractivity contribution < 1.29 is 14.2 Å². The highest BCUT2D eigenvalue weighted by molar-refractivity contribution is 5.44. The summed E-state index contributed by atoms with van der Waals surface area (Å²) in [6.07, 6.45) is 4.76. The topological polar surface area (TPSA) is 30.9 Å². The van der Waals surface area contributed by atoms with Crippen molar-refractivity contribution in [2.24, 2.45) is 0 Å². The van der Waals surface area contributed by atoms with Crippen LogP contribution in [0.3, 0.4) is 0 Å². The summed E-state index contributed by atoms with van der Waals surface area (Å²) in [6.45, 7) is 5.67. The molecule has 0 bridgehead atoms. The van der Waals surface area contributed by atoms with E-state index in [2.05, 4.69) is 30.0 Å². The molecule has 2 aromatic rings. The van der Waals surface area contributed by atoms with Crippen LogP contribution in [-0.4, -0.2) is 44.9 Å². The van der Waals surface area contributed by atoms with Gasteiger partial charge in [-0.1, -0.05) is 25.1 Å². The molecule has 0 spiro atoms. The second kappa shape index (κ2) is 8.04. The molecule has 150 valence electrons. The monoisotopic (exact) mass is 381 g/mol. The minimum absolute atomic E-state index is 0.209. The smallest absolute Gasteiger partial charge is 0.161 e. The van der Waals surface area contributed by atoms with Crippen molar-refractivity contribution in [3.8, 4) is 17.2 Å². The lowest BCUT2D eigenvalue weighted by Crippen LogP contribution is -2.44. The second-order valence-corrected chi connectivity index (χ2v) is 8.33. The van der Waals surface area contributed by atoms with Gasteiger partial charge in [-0.05, 0) is 61.1 Å². The molecule has 0 aromatic heterocycles. The molecular weight excluding hydrogens is 350 g/mol. The van der Waals surface area contributed by atoms with Crippen LogP contribution in [0, 0.1) is 0 Å². The van der Waals surface area contributed by atoms with Crippen LogP contribution in [0.5, 0.6) is 17.2 Å². The van der Waals surface area contributed by atoms with Gasteiger partial charge in [0.15, 0.2) is 11.5 Å². The number of hydrogen-bond donors (Lipinski definition) is 0. The Morgan fingerprint density at radius 1 is 1.00 bits per heavy atom. The number of para-hydroxylation sites is 2. The van der Waals surface area contributed by atoms with E-state index in [9.17, 15) is 0 Å². The highest BCUT2D eigenvalue weighted by Gasteiger charge is 2.37. The van der Waals surface area contributed by atoms with E-state index in [1.807, 2.05) is 24.3 Å². The highest BCUT2D eigenvalue weighted by Crippen LogP contribution is 2.41. The molecule has 0 N–H and O–H groups in total. The van der Waals surface area contributed by atoms with E-state index in [1.165, 1.54) is 24.0 Å². The average Bonchev–Trinajstić information content (AvgIpc) is 3.05. The van der Waals surface area contributed by atoms with Crippen molar-refractivity contribution in [2.75, 3.05) is 33.9 Å². The standard InChI is InChI=1S/C24H31NO3/c1-24(13-10-18-8-9-20(26-2)16-21(18)24)17-25-14-11-19(12-15-25)28-23-7-5-4-6-22(23)27-3/h4-9,16,19H,10-15,17H2,1-3H3. The molecule has 4 heteroatoms. The first-order valence-corrected chi connectivity index (χ1v) is 10.3. The summed E-state index contributed by atoms with van der Waals surface area (Å²) >= 11 is 0. The number of ether oxygens (including phenoxy) is 3. The molecule has 1 heterocycles. The SMILES string of the molecule is COc1ccc2c(c1)C(C)(CN1CCC(Oc3ccccc3OC)CC1)CC2. The zero-order valence-electron chi connectivity index (χ0n) is 17.2. The Morgan fingerprint density at radius 2 is 1.75 bits per heavy atom. The van der Waals surface area contributed by atoms with E-state index in [0.717, 1.165) is 49.7 Å². The van der Waals surface area contributed by atoms with Gasteiger partial charge in [-0.2, -0.15) is 0 Å². The van der Waals surface area contributed by atoms with Gasteiger partial charge in [-0.15, -0.1) is 0 Å². The van der Waals surface area contributed by atoms with Crippen molar-refractivity contribution in [3.05, 3.63) is 53.6 Å². The quantitative estimate of drug-likeness (QED) is 0.740. The number of piperidine rings is 1. The Balaban J connectivity index is 1.36. The van der Waals surface area contributed by atoms with Crippen LogP contribution in [0.15, 0.2) is 42.5 Å². The lowest BCUT2D eigenvalue weighted by molar-refractivity contribution is 0.0855. The number of rotatable bonds is 6. The Morgan fingerprint density at radius 3 is 2.46 bits per heavy atom. The number of hydrogen-bond acceptors (Lipinski definition) is 4. The Kier molecular flexibility index (Phi) is 5.49. The molecule has 0 radical (unpaired) electrons. The number of fused-ring (bicyclic) bond motifs is 1. The molecule has 1 aliphatic carbocycles. The fourth-order valence-electron chi connectivity index (χ4n) is 4.75. The molecule has 1 aliphatic heterocycles. The fourth-order valence-corrected chi connectivity index (χ4v) is 4.75. The van der Waals surface area contributed by atoms with Crippen LogP contribution in [0.4, 0.5) is 0 Å². The van der Waals surface area contributed by atoms with Gasteiger partial charge < -0.3 is 19.1 Å². The van der Waals surface area contributed by atoms with Gasteiger partial charge in [0, 0.05) is 25.0 Å². The fraction of sp³-hybridized carbons (Fsp3) is 0.500. The molecule has 0 amide bonds. The predicted octanol–water partition coefficient (Wildman–Crippen LogP) is 4.45. The Hall–Kier alpha value is -2.20. The third kappa shape index (κ3) is 3.83. The average molecular weight is 382 g/mol. The summed E-state index contributed by atoms with van der Waals surface area (Å²) in [5.41, 5.74) is 3.16. The predicted molar refractivity (Wildman–Crippen MR) is 112 cm³/mol. The number of nitrogens with zero attached hydrogens (tertiary/aromatic N) is 1. The van der Waals surface area contributed by atoms with E-state index in [-0.39, 0.29) is 11.5 Å². The van der Waals surface area contributed by atoms with Crippen molar-refractivity contribution in [3.63, 3.8) is 0 Å². The van der Waals surface area contributed by atoms with Gasteiger partial charge in [0.2, 0.25) is 0 Å². The van der Waals surface area contributed by atoms with Crippen molar-refractivity contribution in [1.82, 2.24) is 4.90 Å². The molecule has 28 heavy (non-hydrogen) atoms. The molecule has 4 nitrogen and oxygen atoms in total. The molecule has 4 rings (SSSR count). The maximum Gasteiger partial charge on any atom is 0.161 e. The first-order chi connectivity index (χ1) is 13.6. The maximum atomic E-state index is 6.24. The van der Waals surface area contributed by atoms with Gasteiger partial charge in [0.25, 0.3) is 0 Å². The molecule has 2 aromatic carbocycles. The van der Waals surface area contributed by atoms with E-state index < -0.39 is 0 Å². The lowest BCUT2D eigenvalue weighted by atomic mass is 9.83. The Labute approximate surface area is 168 Å². The van der Waals surface area contributed by atoms with Gasteiger partial charge >= 0.3 is 0 Å². The minimum Gasteiger partial charge on any atom is -0.497 e. The van der Waals surface area contributed by atoms with Crippen LogP contribution >= 0.6 is 0 Å². The van der Waals surface area contributed by atoms with Crippen molar-refractivity contribution in [2.45, 2.75) is 44.1 Å². The van der Waals surface area contributed by atoms with Crippen LogP contribution in [0.2, 0.25) is 0 Å². The molecular formula is C24H31NO3. The summed E-state index contributed by atoms with van der Waals surface area (Å²) in [4.78, 5) is 2.61. The van der Waals surface area contributed by atoms with Crippen LogP contribution in [0.1, 0.15) is 37.3 Å². The van der Waals surface area contributed by atoms with E-state index in [4.69, 9.17) is 14.2 Å². The normalized spacial score (nSPS) is 22.7. The second-order valence-electron chi connectivity index (χ2n) is 8.33. The third-order valence-corrected chi connectivity index (χ3v) is 6.38. The first kappa shape index (κ1) is 19.1. The van der Waals surface area contributed by atoms with Crippen molar-refractivity contribution in [1.29, 1.82) is 0 Å². The number of aryl methyl sites for hydroxylation is 1. The molecule has 0 saturated carbocycles. The van der Waals surface area contributed by atoms with Gasteiger partial charge in [0.05, 0.1) is 14.2 Å². The minimum atomic E-state index is 0.209. The van der Waals surface area contributed by atoms with Crippen LogP contribution < -0.4 is 14.2 Å². The van der Waals surface area contributed by atoms with E-state index in [0.29, 0.717) is 0 Å². The van der Waals surface area contributed by atoms with Gasteiger partial charge in [-0.25, -0.2) is 0 Å². The number of methoxy groups -OCH3 is 2. The largest absolute Gasteiger partial charge is 0.497 e. The number of benzene rings is 2. The maximum absolute atomic E-state index is 6.24. The lowest BCUT2D eigenvalue weighted by Gasteiger charge is -2.38. The number of likely N-dealkylation sites (tertiary alicyclic amines) is 1. The summed E-state index contributed by atoms with van der Waals surface area (Å²) in [7, 11) is 3.44. The molecule has 1 saturated heterocycles. The summed E-state index contributed by atoms with van der Waals surface area (Å²) in [5.74, 6) is 2.64. The van der Waals surface area contributed by atoms with Crippen LogP contribution in [0.25, 0.3) is 0 Å². The van der Waals surface area contributed by atoms with Crippen LogP contribution in [-0.2, 0) is 11.8 Å². The summed E-state index contributed by atoms with van der Waals surface area (Å²) in [6, 6.07) is 14.5. The van der Waals surface area contributed by atoms with Gasteiger partial charge in [0.1, 0.15) is 11.9 Å². The van der Waals surface area contributed by atoms with E-state index >= 15 is 0 Å². The molecule has 2 aliphatic rings. The molecule has 1 fully saturated rings. The third-order valence-electron chi connectivity index (χ3n) is 6.38. The summed E-state index contributed by atoms with van der Waals surface area (Å²) in [5, 5.41) is 0. The first-order valence-electron chi connectivity index (χ1n) is 10.3.